The molecule has 0 spiro atoms. The molecule has 0 bridgehead atoms. The van der Waals surface area contributed by atoms with Crippen LogP contribution in [0.25, 0.3) is 0 Å². The number of aliphatic hydroxyl groups is 1. The van der Waals surface area contributed by atoms with Gasteiger partial charge in [-0.3, -0.25) is 0 Å². The molecular formula is C17H19FO2. The summed E-state index contributed by atoms with van der Waals surface area (Å²) in [6.45, 7) is 5.74. The predicted molar refractivity (Wildman–Crippen MR) is 77.4 cm³/mol. The van der Waals surface area contributed by atoms with E-state index in [4.69, 9.17) is 4.74 Å². The standard InChI is InChI=1S/C17H19FO2/c1-11(2)20-14-6-4-5-13(10-14)17(19)15-9-12(3)7-8-16(15)18/h4-11,17,19H,1-3H3. The van der Waals surface area contributed by atoms with Crippen LogP contribution in [0, 0.1) is 12.7 Å². The average Bonchev–Trinajstić information content (AvgIpc) is 2.40. The van der Waals surface area contributed by atoms with Crippen molar-refractivity contribution in [3.63, 3.8) is 0 Å². The molecule has 0 aromatic heterocycles. The fraction of sp³-hybridized carbons (Fsp3) is 0.294. The van der Waals surface area contributed by atoms with Gasteiger partial charge < -0.3 is 9.84 Å². The Morgan fingerprint density at radius 1 is 1.10 bits per heavy atom. The number of rotatable bonds is 4. The molecule has 1 unspecified atom stereocenters. The summed E-state index contributed by atoms with van der Waals surface area (Å²) < 4.78 is 19.4. The molecule has 2 rings (SSSR count). The lowest BCUT2D eigenvalue weighted by molar-refractivity contribution is 0.211. The van der Waals surface area contributed by atoms with E-state index < -0.39 is 11.9 Å². The second kappa shape index (κ2) is 6.06. The monoisotopic (exact) mass is 274 g/mol. The number of aryl methyl sites for hydroxylation is 1. The van der Waals surface area contributed by atoms with Crippen LogP contribution in [0.15, 0.2) is 42.5 Å². The first-order valence-corrected chi connectivity index (χ1v) is 6.68. The quantitative estimate of drug-likeness (QED) is 0.913. The van der Waals surface area contributed by atoms with E-state index in [0.717, 1.165) is 5.56 Å². The first kappa shape index (κ1) is 14.5. The van der Waals surface area contributed by atoms with Crippen LogP contribution in [0.3, 0.4) is 0 Å². The summed E-state index contributed by atoms with van der Waals surface area (Å²) in [6, 6.07) is 11.8. The van der Waals surface area contributed by atoms with E-state index in [1.54, 1.807) is 30.3 Å². The summed E-state index contributed by atoms with van der Waals surface area (Å²) in [6.07, 6.45) is -0.941. The van der Waals surface area contributed by atoms with Crippen molar-refractivity contribution < 1.29 is 14.2 Å². The van der Waals surface area contributed by atoms with Gasteiger partial charge in [0.2, 0.25) is 0 Å². The molecule has 0 radical (unpaired) electrons. The van der Waals surface area contributed by atoms with Crippen LogP contribution in [0.5, 0.6) is 5.75 Å². The van der Waals surface area contributed by atoms with Gasteiger partial charge in [-0.25, -0.2) is 4.39 Å². The van der Waals surface area contributed by atoms with E-state index in [-0.39, 0.29) is 11.7 Å². The highest BCUT2D eigenvalue weighted by molar-refractivity contribution is 5.37. The highest BCUT2D eigenvalue weighted by Gasteiger charge is 2.16. The van der Waals surface area contributed by atoms with Crippen molar-refractivity contribution in [2.24, 2.45) is 0 Å². The van der Waals surface area contributed by atoms with Crippen molar-refractivity contribution in [3.8, 4) is 5.75 Å². The molecule has 106 valence electrons. The number of hydrogen-bond acceptors (Lipinski definition) is 2. The zero-order valence-electron chi connectivity index (χ0n) is 11.9. The average molecular weight is 274 g/mol. The van der Waals surface area contributed by atoms with Gasteiger partial charge in [0.15, 0.2) is 0 Å². The molecule has 1 N–H and O–H groups in total. The van der Waals surface area contributed by atoms with E-state index in [1.807, 2.05) is 26.8 Å². The number of ether oxygens (including phenoxy) is 1. The maximum atomic E-state index is 13.8. The minimum absolute atomic E-state index is 0.0538. The largest absolute Gasteiger partial charge is 0.491 e. The fourth-order valence-electron chi connectivity index (χ4n) is 2.08. The summed E-state index contributed by atoms with van der Waals surface area (Å²) in [5.74, 6) is 0.267. The first-order chi connectivity index (χ1) is 9.47. The molecule has 20 heavy (non-hydrogen) atoms. The van der Waals surface area contributed by atoms with Gasteiger partial charge in [-0.15, -0.1) is 0 Å². The third-order valence-electron chi connectivity index (χ3n) is 2.99. The molecule has 0 heterocycles. The Labute approximate surface area is 118 Å². The Hall–Kier alpha value is -1.87. The van der Waals surface area contributed by atoms with Crippen molar-refractivity contribution in [1.82, 2.24) is 0 Å². The molecule has 0 amide bonds. The molecular weight excluding hydrogens is 255 g/mol. The van der Waals surface area contributed by atoms with Crippen LogP contribution in [-0.4, -0.2) is 11.2 Å². The van der Waals surface area contributed by atoms with Crippen LogP contribution in [0.2, 0.25) is 0 Å². The van der Waals surface area contributed by atoms with E-state index in [0.29, 0.717) is 11.3 Å². The predicted octanol–water partition coefficient (Wildman–Crippen LogP) is 4.00. The van der Waals surface area contributed by atoms with Gasteiger partial charge in [-0.05, 0) is 44.5 Å². The first-order valence-electron chi connectivity index (χ1n) is 6.68. The number of benzene rings is 2. The SMILES string of the molecule is Cc1ccc(F)c(C(O)c2cccc(OC(C)C)c2)c1. The smallest absolute Gasteiger partial charge is 0.129 e. The lowest BCUT2D eigenvalue weighted by atomic mass is 9.99. The molecule has 0 aliphatic rings. The number of aliphatic hydroxyl groups excluding tert-OH is 1. The number of hydrogen-bond donors (Lipinski definition) is 1. The van der Waals surface area contributed by atoms with E-state index in [9.17, 15) is 9.50 Å². The summed E-state index contributed by atoms with van der Waals surface area (Å²) in [4.78, 5) is 0. The molecule has 2 nitrogen and oxygen atoms in total. The zero-order valence-corrected chi connectivity index (χ0v) is 11.9. The minimum Gasteiger partial charge on any atom is -0.491 e. The van der Waals surface area contributed by atoms with Crippen LogP contribution < -0.4 is 4.74 Å². The molecule has 2 aromatic rings. The molecule has 2 aromatic carbocycles. The summed E-state index contributed by atoms with van der Waals surface area (Å²) in [5, 5.41) is 10.4. The van der Waals surface area contributed by atoms with Gasteiger partial charge in [-0.2, -0.15) is 0 Å². The van der Waals surface area contributed by atoms with E-state index in [2.05, 4.69) is 0 Å². The third-order valence-corrected chi connectivity index (χ3v) is 2.99. The lowest BCUT2D eigenvalue weighted by Gasteiger charge is -2.15. The molecule has 0 aliphatic heterocycles. The highest BCUT2D eigenvalue weighted by Crippen LogP contribution is 2.27. The van der Waals surface area contributed by atoms with Gasteiger partial charge in [0, 0.05) is 5.56 Å². The van der Waals surface area contributed by atoms with Crippen molar-refractivity contribution in [2.75, 3.05) is 0 Å². The second-order valence-corrected chi connectivity index (χ2v) is 5.17. The summed E-state index contributed by atoms with van der Waals surface area (Å²) in [5.41, 5.74) is 1.81. The molecule has 0 saturated heterocycles. The summed E-state index contributed by atoms with van der Waals surface area (Å²) >= 11 is 0. The van der Waals surface area contributed by atoms with E-state index in [1.165, 1.54) is 6.07 Å². The van der Waals surface area contributed by atoms with Crippen molar-refractivity contribution >= 4 is 0 Å². The lowest BCUT2D eigenvalue weighted by Crippen LogP contribution is -2.07. The molecule has 0 aliphatic carbocycles. The Balaban J connectivity index is 2.33. The number of halogens is 1. The third kappa shape index (κ3) is 3.36. The maximum Gasteiger partial charge on any atom is 0.129 e. The zero-order chi connectivity index (χ0) is 14.7. The van der Waals surface area contributed by atoms with Crippen LogP contribution in [0.4, 0.5) is 4.39 Å². The van der Waals surface area contributed by atoms with E-state index >= 15 is 0 Å². The molecule has 0 saturated carbocycles. The Morgan fingerprint density at radius 3 is 2.55 bits per heavy atom. The van der Waals surface area contributed by atoms with Crippen LogP contribution >= 0.6 is 0 Å². The van der Waals surface area contributed by atoms with Crippen molar-refractivity contribution in [3.05, 3.63) is 65.0 Å². The van der Waals surface area contributed by atoms with Gasteiger partial charge in [0.1, 0.15) is 17.7 Å². The minimum atomic E-state index is -0.995. The Kier molecular flexibility index (Phi) is 4.40. The fourth-order valence-corrected chi connectivity index (χ4v) is 2.08. The summed E-state index contributed by atoms with van der Waals surface area (Å²) in [7, 11) is 0. The van der Waals surface area contributed by atoms with Gasteiger partial charge in [0.05, 0.1) is 6.10 Å². The normalized spacial score (nSPS) is 12.5. The Morgan fingerprint density at radius 2 is 1.85 bits per heavy atom. The maximum absolute atomic E-state index is 13.8. The molecule has 1 atom stereocenters. The molecule has 3 heteroatoms. The molecule has 0 fully saturated rings. The van der Waals surface area contributed by atoms with Crippen molar-refractivity contribution in [2.45, 2.75) is 33.0 Å². The van der Waals surface area contributed by atoms with Crippen LogP contribution in [-0.2, 0) is 0 Å². The topological polar surface area (TPSA) is 29.5 Å². The highest BCUT2D eigenvalue weighted by atomic mass is 19.1. The van der Waals surface area contributed by atoms with Crippen molar-refractivity contribution in [1.29, 1.82) is 0 Å². The van der Waals surface area contributed by atoms with Gasteiger partial charge >= 0.3 is 0 Å². The second-order valence-electron chi connectivity index (χ2n) is 5.17. The van der Waals surface area contributed by atoms with Gasteiger partial charge in [0.25, 0.3) is 0 Å². The Bertz CT molecular complexity index is 593. The van der Waals surface area contributed by atoms with Crippen LogP contribution in [0.1, 0.15) is 36.6 Å². The van der Waals surface area contributed by atoms with Gasteiger partial charge in [-0.1, -0.05) is 29.8 Å².